The van der Waals surface area contributed by atoms with E-state index < -0.39 is 0 Å². The van der Waals surface area contributed by atoms with E-state index in [1.54, 1.807) is 0 Å². The number of hydrogen-bond donors (Lipinski definition) is 1. The Morgan fingerprint density at radius 2 is 1.79 bits per heavy atom. The number of carbonyl (C=O) groups excluding carboxylic acids is 2. The Morgan fingerprint density at radius 3 is 2.14 bits per heavy atom. The molecule has 0 aromatic carbocycles. The Hall–Kier alpha value is -0.660. The van der Waals surface area contributed by atoms with Crippen molar-refractivity contribution in [2.45, 2.75) is 46.1 Å². The molecule has 0 spiro atoms. The van der Waals surface area contributed by atoms with Crippen molar-refractivity contribution in [3.63, 3.8) is 0 Å². The van der Waals surface area contributed by atoms with Gasteiger partial charge >= 0.3 is 6.15 Å². The van der Waals surface area contributed by atoms with Crippen molar-refractivity contribution in [3.05, 3.63) is 0 Å². The third-order valence-corrected chi connectivity index (χ3v) is 2.99. The van der Waals surface area contributed by atoms with Gasteiger partial charge in [0.15, 0.2) is 0 Å². The van der Waals surface area contributed by atoms with Gasteiger partial charge in [-0.1, -0.05) is 27.2 Å². The first-order chi connectivity index (χ1) is 6.52. The lowest BCUT2D eigenvalue weighted by atomic mass is 9.75. The highest BCUT2D eigenvalue weighted by atomic mass is 16.3. The summed E-state index contributed by atoms with van der Waals surface area (Å²) in [6.07, 6.45) is 3.77. The van der Waals surface area contributed by atoms with Crippen molar-refractivity contribution in [3.8, 4) is 0 Å². The minimum atomic E-state index is -0.0289. The molecular weight excluding hydrogens is 180 g/mol. The monoisotopic (exact) mass is 200 g/mol. The van der Waals surface area contributed by atoms with Crippen molar-refractivity contribution in [2.75, 3.05) is 0 Å². The molecule has 1 rings (SSSR count). The fourth-order valence-corrected chi connectivity index (χ4v) is 2.15. The third-order valence-electron chi connectivity index (χ3n) is 2.99. The summed E-state index contributed by atoms with van der Waals surface area (Å²) in [6, 6.07) is 0. The maximum absolute atomic E-state index is 9.71. The van der Waals surface area contributed by atoms with Gasteiger partial charge in [-0.05, 0) is 30.6 Å². The third kappa shape index (κ3) is 4.54. The number of aliphatic hydroxyl groups excluding tert-OH is 1. The molecule has 14 heavy (non-hydrogen) atoms. The van der Waals surface area contributed by atoms with Gasteiger partial charge in [0.1, 0.15) is 0 Å². The number of rotatable bonds is 1. The van der Waals surface area contributed by atoms with E-state index in [0.717, 1.165) is 12.3 Å². The van der Waals surface area contributed by atoms with Crippen LogP contribution in [-0.4, -0.2) is 17.4 Å². The quantitative estimate of drug-likeness (QED) is 0.702. The molecule has 0 aliphatic heterocycles. The average Bonchev–Trinajstić information content (AvgIpc) is 2.04. The molecule has 3 heteroatoms. The fraction of sp³-hybridized carbons (Fsp3) is 0.909. The zero-order valence-electron chi connectivity index (χ0n) is 9.19. The predicted octanol–water partition coefficient (Wildman–Crippen LogP) is 1.86. The number of aliphatic hydroxyl groups is 1. The maximum Gasteiger partial charge on any atom is 0.373 e. The molecule has 1 N–H and O–H groups in total. The fourth-order valence-electron chi connectivity index (χ4n) is 2.15. The van der Waals surface area contributed by atoms with Gasteiger partial charge in [-0.15, -0.1) is 0 Å². The molecule has 0 radical (unpaired) electrons. The van der Waals surface area contributed by atoms with Gasteiger partial charge in [0, 0.05) is 0 Å². The second-order valence-electron chi connectivity index (χ2n) is 4.48. The average molecular weight is 200 g/mol. The van der Waals surface area contributed by atoms with Crippen LogP contribution >= 0.6 is 0 Å². The van der Waals surface area contributed by atoms with Crippen LogP contribution in [-0.2, 0) is 9.59 Å². The van der Waals surface area contributed by atoms with E-state index in [0.29, 0.717) is 11.8 Å². The number of hydrogen-bond acceptors (Lipinski definition) is 3. The summed E-state index contributed by atoms with van der Waals surface area (Å²) < 4.78 is 0. The van der Waals surface area contributed by atoms with Gasteiger partial charge in [0.05, 0.1) is 6.10 Å². The first-order valence-corrected chi connectivity index (χ1v) is 5.20. The summed E-state index contributed by atoms with van der Waals surface area (Å²) in [4.78, 5) is 16.2. The molecule has 0 amide bonds. The summed E-state index contributed by atoms with van der Waals surface area (Å²) in [7, 11) is 0. The van der Waals surface area contributed by atoms with E-state index in [-0.39, 0.29) is 12.3 Å². The second-order valence-corrected chi connectivity index (χ2v) is 4.48. The Bertz CT molecular complexity index is 183. The minimum absolute atomic E-state index is 0.0289. The molecule has 1 saturated carbocycles. The first kappa shape index (κ1) is 13.3. The highest BCUT2D eigenvalue weighted by Crippen LogP contribution is 2.33. The van der Waals surface area contributed by atoms with Crippen LogP contribution in [0.3, 0.4) is 0 Å². The summed E-state index contributed by atoms with van der Waals surface area (Å²) in [6.45, 7) is 6.66. The van der Waals surface area contributed by atoms with Gasteiger partial charge in [-0.25, -0.2) is 0 Å². The SMILES string of the molecule is CC1CCC(C(C)C)C(O)C1.O=C=O. The summed E-state index contributed by atoms with van der Waals surface area (Å²) >= 11 is 0. The molecule has 3 unspecified atom stereocenters. The van der Waals surface area contributed by atoms with Gasteiger partial charge in [-0.3, -0.25) is 0 Å². The van der Waals surface area contributed by atoms with Crippen LogP contribution in [0.15, 0.2) is 0 Å². The highest BCUT2D eigenvalue weighted by molar-refractivity contribution is 5.20. The zero-order valence-corrected chi connectivity index (χ0v) is 9.19. The van der Waals surface area contributed by atoms with Gasteiger partial charge in [0.2, 0.25) is 0 Å². The van der Waals surface area contributed by atoms with Gasteiger partial charge < -0.3 is 5.11 Å². The topological polar surface area (TPSA) is 54.4 Å². The molecular formula is C11H20O3. The van der Waals surface area contributed by atoms with Crippen molar-refractivity contribution >= 4 is 6.15 Å². The molecule has 0 aromatic heterocycles. The lowest BCUT2D eigenvalue weighted by molar-refractivity contribution is -0.191. The van der Waals surface area contributed by atoms with Crippen LogP contribution in [0.2, 0.25) is 0 Å². The standard InChI is InChI=1S/C10H20O.CO2/c1-7(2)9-5-4-8(3)6-10(9)11;2-1-3/h7-11H,4-6H2,1-3H3;. The maximum atomic E-state index is 9.71. The lowest BCUT2D eigenvalue weighted by Crippen LogP contribution is -2.31. The van der Waals surface area contributed by atoms with E-state index in [2.05, 4.69) is 20.8 Å². The molecule has 1 aliphatic carbocycles. The predicted molar refractivity (Wildman–Crippen MR) is 52.4 cm³/mol. The molecule has 82 valence electrons. The van der Waals surface area contributed by atoms with Crippen LogP contribution in [0, 0.1) is 17.8 Å². The molecule has 1 fully saturated rings. The van der Waals surface area contributed by atoms with Crippen molar-refractivity contribution in [1.82, 2.24) is 0 Å². The van der Waals surface area contributed by atoms with E-state index in [1.165, 1.54) is 12.8 Å². The van der Waals surface area contributed by atoms with E-state index in [1.807, 2.05) is 0 Å². The van der Waals surface area contributed by atoms with Crippen LogP contribution in [0.5, 0.6) is 0 Å². The summed E-state index contributed by atoms with van der Waals surface area (Å²) in [5.41, 5.74) is 0. The first-order valence-electron chi connectivity index (χ1n) is 5.20. The smallest absolute Gasteiger partial charge is 0.373 e. The van der Waals surface area contributed by atoms with Crippen molar-refractivity contribution < 1.29 is 14.7 Å². The normalized spacial score (nSPS) is 31.6. The lowest BCUT2D eigenvalue weighted by Gasteiger charge is -2.33. The van der Waals surface area contributed by atoms with Crippen LogP contribution in [0.25, 0.3) is 0 Å². The van der Waals surface area contributed by atoms with Crippen LogP contribution in [0.4, 0.5) is 0 Å². The largest absolute Gasteiger partial charge is 0.393 e. The Balaban J connectivity index is 0.000000500. The minimum Gasteiger partial charge on any atom is -0.393 e. The molecule has 0 aromatic rings. The Morgan fingerprint density at radius 1 is 1.29 bits per heavy atom. The second kappa shape index (κ2) is 6.74. The zero-order chi connectivity index (χ0) is 11.1. The van der Waals surface area contributed by atoms with Gasteiger partial charge in [0.25, 0.3) is 0 Å². The van der Waals surface area contributed by atoms with Crippen LogP contribution < -0.4 is 0 Å². The van der Waals surface area contributed by atoms with E-state index >= 15 is 0 Å². The Kier molecular flexibility index (Phi) is 6.43. The molecule has 0 heterocycles. The van der Waals surface area contributed by atoms with Crippen molar-refractivity contribution in [1.29, 1.82) is 0 Å². The Labute approximate surface area is 85.5 Å². The molecule has 0 saturated heterocycles. The van der Waals surface area contributed by atoms with Gasteiger partial charge in [-0.2, -0.15) is 9.59 Å². The highest BCUT2D eigenvalue weighted by Gasteiger charge is 2.28. The molecule has 3 nitrogen and oxygen atoms in total. The summed E-state index contributed by atoms with van der Waals surface area (Å²) in [5.74, 6) is 1.95. The van der Waals surface area contributed by atoms with Crippen LogP contribution in [0.1, 0.15) is 40.0 Å². The van der Waals surface area contributed by atoms with Crippen molar-refractivity contribution in [2.24, 2.45) is 17.8 Å². The molecule has 0 bridgehead atoms. The molecule has 3 atom stereocenters. The molecule has 1 aliphatic rings. The van der Waals surface area contributed by atoms with E-state index in [4.69, 9.17) is 9.59 Å². The summed E-state index contributed by atoms with van der Waals surface area (Å²) in [5, 5.41) is 9.71. The van der Waals surface area contributed by atoms with E-state index in [9.17, 15) is 5.11 Å².